The normalized spacial score (nSPS) is 11.2. The van der Waals surface area contributed by atoms with Crippen LogP contribution in [0.1, 0.15) is 22.3 Å². The molecule has 1 heterocycles. The van der Waals surface area contributed by atoms with Gasteiger partial charge in [-0.05, 0) is 124 Å². The molecule has 0 spiro atoms. The van der Waals surface area contributed by atoms with Gasteiger partial charge in [0.15, 0.2) is 0 Å². The molecule has 0 saturated carbocycles. The van der Waals surface area contributed by atoms with E-state index in [0.29, 0.717) is 0 Å². The molecule has 0 unspecified atom stereocenters. The lowest BCUT2D eigenvalue weighted by atomic mass is 9.89. The quantitative estimate of drug-likeness (QED) is 0.142. The molecule has 9 aromatic rings. The molecule has 0 aliphatic carbocycles. The first kappa shape index (κ1) is 33.0. The highest BCUT2D eigenvalue weighted by Gasteiger charge is 2.18. The number of benzene rings is 8. The summed E-state index contributed by atoms with van der Waals surface area (Å²) in [6, 6.07) is 69.2. The molecule has 260 valence electrons. The Morgan fingerprint density at radius 3 is 1.70 bits per heavy atom. The van der Waals surface area contributed by atoms with Gasteiger partial charge in [0.2, 0.25) is 0 Å². The Morgan fingerprint density at radius 2 is 0.981 bits per heavy atom. The van der Waals surface area contributed by atoms with Gasteiger partial charge in [0.05, 0.1) is 7.11 Å². The zero-order chi connectivity index (χ0) is 36.3. The summed E-state index contributed by atoms with van der Waals surface area (Å²) in [5.41, 5.74) is 15.0. The van der Waals surface area contributed by atoms with Crippen LogP contribution in [0.5, 0.6) is 5.75 Å². The van der Waals surface area contributed by atoms with Gasteiger partial charge in [-0.1, -0.05) is 127 Å². The van der Waals surface area contributed by atoms with Crippen LogP contribution in [-0.2, 0) is 12.8 Å². The van der Waals surface area contributed by atoms with Gasteiger partial charge in [-0.2, -0.15) is 0 Å². The maximum Gasteiger partial charge on any atom is 0.135 e. The van der Waals surface area contributed by atoms with Gasteiger partial charge in [0.25, 0.3) is 0 Å². The molecule has 9 rings (SSSR count). The van der Waals surface area contributed by atoms with E-state index in [1.54, 1.807) is 7.11 Å². The molecule has 0 bridgehead atoms. The van der Waals surface area contributed by atoms with E-state index in [0.717, 1.165) is 68.7 Å². The first-order valence-corrected chi connectivity index (χ1v) is 18.5. The highest BCUT2D eigenvalue weighted by atomic mass is 16.5. The lowest BCUT2D eigenvalue weighted by Gasteiger charge is -2.27. The standard InChI is InChI=1S/C51H39NO2/c1-53-45-28-25-43(26-29-45)52(42-23-20-38(21-24-42)39-22-31-51-49(35-39)48-18-10-11-19-50(48)54-51)44-27-30-47(41(34-44)33-37-14-6-3-7-15-37)46-17-9-8-16-40(46)32-36-12-4-2-5-13-36/h2-31,34-35H,32-33H2,1H3. The molecule has 8 aromatic carbocycles. The third-order valence-corrected chi connectivity index (χ3v) is 10.3. The Hall–Kier alpha value is -6.84. The summed E-state index contributed by atoms with van der Waals surface area (Å²) in [5.74, 6) is 0.825. The second kappa shape index (κ2) is 14.7. The lowest BCUT2D eigenvalue weighted by molar-refractivity contribution is 0.415. The van der Waals surface area contributed by atoms with Gasteiger partial charge in [0.1, 0.15) is 16.9 Å². The Balaban J connectivity index is 1.14. The highest BCUT2D eigenvalue weighted by molar-refractivity contribution is 6.06. The number of furan rings is 1. The molecular formula is C51H39NO2. The average Bonchev–Trinajstić information content (AvgIpc) is 3.61. The Morgan fingerprint density at radius 1 is 0.426 bits per heavy atom. The first-order chi connectivity index (χ1) is 26.7. The van der Waals surface area contributed by atoms with E-state index in [1.807, 2.05) is 24.3 Å². The van der Waals surface area contributed by atoms with Crippen LogP contribution in [0.2, 0.25) is 0 Å². The molecule has 0 N–H and O–H groups in total. The molecule has 0 aliphatic rings. The summed E-state index contributed by atoms with van der Waals surface area (Å²) >= 11 is 0. The van der Waals surface area contributed by atoms with Gasteiger partial charge in [-0.3, -0.25) is 0 Å². The van der Waals surface area contributed by atoms with E-state index >= 15 is 0 Å². The number of nitrogens with zero attached hydrogens (tertiary/aromatic N) is 1. The van der Waals surface area contributed by atoms with Crippen molar-refractivity contribution in [2.24, 2.45) is 0 Å². The zero-order valence-corrected chi connectivity index (χ0v) is 30.2. The Labute approximate surface area is 316 Å². The molecule has 0 amide bonds. The molecule has 0 aliphatic heterocycles. The summed E-state index contributed by atoms with van der Waals surface area (Å²) in [7, 11) is 1.71. The van der Waals surface area contributed by atoms with Crippen molar-refractivity contribution in [3.05, 3.63) is 216 Å². The molecule has 3 heteroatoms. The van der Waals surface area contributed by atoms with Gasteiger partial charge in [-0.25, -0.2) is 0 Å². The summed E-state index contributed by atoms with van der Waals surface area (Å²) in [6.45, 7) is 0. The van der Waals surface area contributed by atoms with Crippen LogP contribution in [0, 0.1) is 0 Å². The van der Waals surface area contributed by atoms with Crippen molar-refractivity contribution in [1.82, 2.24) is 0 Å². The van der Waals surface area contributed by atoms with Gasteiger partial charge < -0.3 is 14.1 Å². The molecular weight excluding hydrogens is 659 g/mol. The van der Waals surface area contributed by atoms with Crippen molar-refractivity contribution in [3.8, 4) is 28.0 Å². The third-order valence-electron chi connectivity index (χ3n) is 10.3. The van der Waals surface area contributed by atoms with E-state index in [-0.39, 0.29) is 0 Å². The summed E-state index contributed by atoms with van der Waals surface area (Å²) in [4.78, 5) is 2.34. The maximum absolute atomic E-state index is 6.11. The first-order valence-electron chi connectivity index (χ1n) is 18.5. The highest BCUT2D eigenvalue weighted by Crippen LogP contribution is 2.40. The number of anilines is 3. The van der Waals surface area contributed by atoms with E-state index in [2.05, 4.69) is 175 Å². The average molecular weight is 698 g/mol. The second-order valence-corrected chi connectivity index (χ2v) is 13.7. The van der Waals surface area contributed by atoms with Crippen LogP contribution >= 0.6 is 0 Å². The van der Waals surface area contributed by atoms with Crippen LogP contribution < -0.4 is 9.64 Å². The van der Waals surface area contributed by atoms with Crippen molar-refractivity contribution in [3.63, 3.8) is 0 Å². The van der Waals surface area contributed by atoms with Crippen LogP contribution in [0.4, 0.5) is 17.1 Å². The summed E-state index contributed by atoms with van der Waals surface area (Å²) in [5, 5.41) is 2.26. The SMILES string of the molecule is COc1ccc(N(c2ccc(-c3ccc4oc5ccccc5c4c3)cc2)c2ccc(-c3ccccc3Cc3ccccc3)c(Cc3ccccc3)c2)cc1. The van der Waals surface area contributed by atoms with Crippen molar-refractivity contribution in [2.45, 2.75) is 12.8 Å². The summed E-state index contributed by atoms with van der Waals surface area (Å²) in [6.07, 6.45) is 1.68. The van der Waals surface area contributed by atoms with Crippen molar-refractivity contribution in [1.29, 1.82) is 0 Å². The minimum Gasteiger partial charge on any atom is -0.497 e. The Bertz CT molecular complexity index is 2680. The van der Waals surface area contributed by atoms with E-state index in [9.17, 15) is 0 Å². The van der Waals surface area contributed by atoms with E-state index in [1.165, 1.54) is 33.4 Å². The van der Waals surface area contributed by atoms with E-state index in [4.69, 9.17) is 9.15 Å². The number of ether oxygens (including phenoxy) is 1. The van der Waals surface area contributed by atoms with Crippen LogP contribution in [0.15, 0.2) is 199 Å². The molecule has 3 nitrogen and oxygen atoms in total. The Kier molecular flexibility index (Phi) is 8.96. The molecule has 0 fully saturated rings. The lowest BCUT2D eigenvalue weighted by Crippen LogP contribution is -2.11. The van der Waals surface area contributed by atoms with Crippen LogP contribution in [-0.4, -0.2) is 7.11 Å². The number of hydrogen-bond donors (Lipinski definition) is 0. The van der Waals surface area contributed by atoms with E-state index < -0.39 is 0 Å². The fraction of sp³-hybridized carbons (Fsp3) is 0.0588. The minimum absolute atomic E-state index is 0.810. The van der Waals surface area contributed by atoms with Gasteiger partial charge >= 0.3 is 0 Å². The molecule has 0 radical (unpaired) electrons. The van der Waals surface area contributed by atoms with Gasteiger partial charge in [0, 0.05) is 27.8 Å². The van der Waals surface area contributed by atoms with Crippen LogP contribution in [0.25, 0.3) is 44.2 Å². The minimum atomic E-state index is 0.810. The smallest absolute Gasteiger partial charge is 0.135 e. The fourth-order valence-corrected chi connectivity index (χ4v) is 7.58. The number of hydrogen-bond acceptors (Lipinski definition) is 3. The third kappa shape index (κ3) is 6.64. The predicted octanol–water partition coefficient (Wildman–Crippen LogP) is 13.6. The molecule has 1 aromatic heterocycles. The predicted molar refractivity (Wildman–Crippen MR) is 224 cm³/mol. The fourth-order valence-electron chi connectivity index (χ4n) is 7.58. The maximum atomic E-state index is 6.11. The largest absolute Gasteiger partial charge is 0.497 e. The topological polar surface area (TPSA) is 25.6 Å². The molecule has 0 atom stereocenters. The van der Waals surface area contributed by atoms with Crippen molar-refractivity contribution in [2.75, 3.05) is 12.0 Å². The number of methoxy groups -OCH3 is 1. The van der Waals surface area contributed by atoms with Crippen LogP contribution in [0.3, 0.4) is 0 Å². The monoisotopic (exact) mass is 697 g/mol. The summed E-state index contributed by atoms with van der Waals surface area (Å²) < 4.78 is 11.7. The van der Waals surface area contributed by atoms with Gasteiger partial charge in [-0.15, -0.1) is 0 Å². The number of para-hydroxylation sites is 1. The van der Waals surface area contributed by atoms with Crippen molar-refractivity contribution < 1.29 is 9.15 Å². The number of fused-ring (bicyclic) bond motifs is 3. The number of rotatable bonds is 10. The molecule has 0 saturated heterocycles. The zero-order valence-electron chi connectivity index (χ0n) is 30.2. The second-order valence-electron chi connectivity index (χ2n) is 13.7. The molecule has 54 heavy (non-hydrogen) atoms. The van der Waals surface area contributed by atoms with Crippen molar-refractivity contribution >= 4 is 39.0 Å².